The predicted molar refractivity (Wildman–Crippen MR) is 95.0 cm³/mol. The van der Waals surface area contributed by atoms with Crippen molar-refractivity contribution in [3.8, 4) is 0 Å². The van der Waals surface area contributed by atoms with Crippen LogP contribution >= 0.6 is 0 Å². The highest BCUT2D eigenvalue weighted by Crippen LogP contribution is 2.27. The van der Waals surface area contributed by atoms with Gasteiger partial charge in [0, 0.05) is 0 Å². The van der Waals surface area contributed by atoms with Crippen molar-refractivity contribution in [3.63, 3.8) is 0 Å². The maximum Gasteiger partial charge on any atom is -0.00438 e. The molecule has 0 unspecified atom stereocenters. The minimum atomic E-state index is 0.253. The molecule has 0 fully saturated rings. The van der Waals surface area contributed by atoms with Crippen LogP contribution in [0.25, 0.3) is 0 Å². The van der Waals surface area contributed by atoms with Gasteiger partial charge in [0.25, 0.3) is 0 Å². The van der Waals surface area contributed by atoms with Crippen LogP contribution < -0.4 is 5.32 Å². The van der Waals surface area contributed by atoms with Crippen LogP contribution in [0, 0.1) is 5.41 Å². The fourth-order valence-electron chi connectivity index (χ4n) is 2.51. The Morgan fingerprint density at radius 1 is 0.857 bits per heavy atom. The van der Waals surface area contributed by atoms with Crippen LogP contribution in [0.4, 0.5) is 0 Å². The average Bonchev–Trinajstić information content (AvgIpc) is 2.41. The monoisotopic (exact) mass is 289 g/mol. The Labute approximate surface area is 132 Å². The first kappa shape index (κ1) is 18.2. The Morgan fingerprint density at radius 3 is 2.00 bits per heavy atom. The molecule has 0 atom stereocenters. The smallest absolute Gasteiger partial charge is 0.00438 e. The molecule has 0 radical (unpaired) electrons. The molecule has 0 bridgehead atoms. The third-order valence-electron chi connectivity index (χ3n) is 4.32. The standard InChI is InChI=1S/C20H35N/c1-7-15-21-16-14-20(5,6)13-12-17-8-10-18(11-9-17)19(2,3)4/h8-11,21H,7,12-16H2,1-6H3. The molecular weight excluding hydrogens is 254 g/mol. The summed E-state index contributed by atoms with van der Waals surface area (Å²) < 4.78 is 0. The SMILES string of the molecule is CCCNCCC(C)(C)CCc1ccc(C(C)(C)C)cc1. The van der Waals surface area contributed by atoms with E-state index in [0.717, 1.165) is 13.1 Å². The third kappa shape index (κ3) is 7.13. The van der Waals surface area contributed by atoms with Gasteiger partial charge >= 0.3 is 0 Å². The van der Waals surface area contributed by atoms with Gasteiger partial charge in [-0.15, -0.1) is 0 Å². The Morgan fingerprint density at radius 2 is 1.48 bits per heavy atom. The fourth-order valence-corrected chi connectivity index (χ4v) is 2.51. The van der Waals surface area contributed by atoms with Crippen LogP contribution in [0.5, 0.6) is 0 Å². The second-order valence-corrected chi connectivity index (χ2v) is 8.11. The van der Waals surface area contributed by atoms with Crippen LogP contribution in [0.3, 0.4) is 0 Å². The van der Waals surface area contributed by atoms with E-state index in [4.69, 9.17) is 0 Å². The van der Waals surface area contributed by atoms with Crippen molar-refractivity contribution in [1.82, 2.24) is 5.32 Å². The van der Waals surface area contributed by atoms with E-state index in [2.05, 4.69) is 71.1 Å². The average molecular weight is 290 g/mol. The van der Waals surface area contributed by atoms with E-state index in [0.29, 0.717) is 5.41 Å². The van der Waals surface area contributed by atoms with Crippen molar-refractivity contribution in [1.29, 1.82) is 0 Å². The van der Waals surface area contributed by atoms with E-state index in [-0.39, 0.29) is 5.41 Å². The number of hydrogen-bond acceptors (Lipinski definition) is 1. The third-order valence-corrected chi connectivity index (χ3v) is 4.32. The molecule has 1 aromatic carbocycles. The molecule has 0 heterocycles. The topological polar surface area (TPSA) is 12.0 Å². The molecule has 0 aliphatic heterocycles. The maximum absolute atomic E-state index is 3.51. The zero-order chi connectivity index (χ0) is 15.9. The maximum atomic E-state index is 3.51. The van der Waals surface area contributed by atoms with Crippen molar-refractivity contribution < 1.29 is 0 Å². The van der Waals surface area contributed by atoms with Gasteiger partial charge in [-0.2, -0.15) is 0 Å². The van der Waals surface area contributed by atoms with Crippen molar-refractivity contribution in [2.24, 2.45) is 5.41 Å². The van der Waals surface area contributed by atoms with Crippen LogP contribution in [0.15, 0.2) is 24.3 Å². The van der Waals surface area contributed by atoms with Gasteiger partial charge in [-0.1, -0.05) is 65.8 Å². The summed E-state index contributed by atoms with van der Waals surface area (Å²) in [6.07, 6.45) is 4.93. The number of benzene rings is 1. The van der Waals surface area contributed by atoms with E-state index in [1.54, 1.807) is 0 Å². The zero-order valence-electron chi connectivity index (χ0n) is 15.1. The summed E-state index contributed by atoms with van der Waals surface area (Å²) in [5, 5.41) is 3.51. The van der Waals surface area contributed by atoms with Crippen molar-refractivity contribution in [2.45, 2.75) is 72.6 Å². The number of aryl methyl sites for hydroxylation is 1. The molecule has 1 nitrogen and oxygen atoms in total. The zero-order valence-corrected chi connectivity index (χ0v) is 15.1. The van der Waals surface area contributed by atoms with Crippen LogP contribution in [0.1, 0.15) is 71.9 Å². The minimum Gasteiger partial charge on any atom is -0.317 e. The molecule has 1 aromatic rings. The first-order valence-corrected chi connectivity index (χ1v) is 8.55. The molecule has 0 spiro atoms. The lowest BCUT2D eigenvalue weighted by Crippen LogP contribution is -2.23. The predicted octanol–water partition coefficient (Wildman–Crippen LogP) is 5.33. The summed E-state index contributed by atoms with van der Waals surface area (Å²) in [7, 11) is 0. The van der Waals surface area contributed by atoms with E-state index >= 15 is 0 Å². The highest BCUT2D eigenvalue weighted by Gasteiger charge is 2.17. The summed E-state index contributed by atoms with van der Waals surface area (Å²) >= 11 is 0. The Bertz CT molecular complexity index is 395. The molecule has 0 amide bonds. The van der Waals surface area contributed by atoms with Gasteiger partial charge in [0.1, 0.15) is 0 Å². The highest BCUT2D eigenvalue weighted by atomic mass is 14.8. The summed E-state index contributed by atoms with van der Waals surface area (Å²) in [5.74, 6) is 0. The molecular formula is C20H35N. The molecule has 1 N–H and O–H groups in total. The highest BCUT2D eigenvalue weighted by molar-refractivity contribution is 5.27. The molecule has 21 heavy (non-hydrogen) atoms. The van der Waals surface area contributed by atoms with E-state index in [9.17, 15) is 0 Å². The lowest BCUT2D eigenvalue weighted by atomic mass is 9.82. The van der Waals surface area contributed by atoms with E-state index in [1.807, 2.05) is 0 Å². The number of nitrogens with one attached hydrogen (secondary N) is 1. The summed E-state index contributed by atoms with van der Waals surface area (Å²) in [6.45, 7) is 16.1. The molecule has 120 valence electrons. The van der Waals surface area contributed by atoms with E-state index in [1.165, 1.54) is 36.8 Å². The van der Waals surface area contributed by atoms with Gasteiger partial charge in [0.15, 0.2) is 0 Å². The summed E-state index contributed by atoms with van der Waals surface area (Å²) in [5.41, 5.74) is 3.57. The van der Waals surface area contributed by atoms with Crippen molar-refractivity contribution in [3.05, 3.63) is 35.4 Å². The molecule has 0 saturated carbocycles. The van der Waals surface area contributed by atoms with E-state index < -0.39 is 0 Å². The molecule has 1 rings (SSSR count). The number of hydrogen-bond donors (Lipinski definition) is 1. The van der Waals surface area contributed by atoms with Crippen molar-refractivity contribution in [2.75, 3.05) is 13.1 Å². The fraction of sp³-hybridized carbons (Fsp3) is 0.700. The molecule has 0 aliphatic carbocycles. The Kier molecular flexibility index (Phi) is 6.93. The quantitative estimate of drug-likeness (QED) is 0.638. The van der Waals surface area contributed by atoms with Gasteiger partial charge in [0.2, 0.25) is 0 Å². The van der Waals surface area contributed by atoms with Crippen LogP contribution in [-0.4, -0.2) is 13.1 Å². The lowest BCUT2D eigenvalue weighted by molar-refractivity contribution is 0.302. The van der Waals surface area contributed by atoms with Gasteiger partial charge in [-0.25, -0.2) is 0 Å². The molecule has 1 heteroatoms. The van der Waals surface area contributed by atoms with Crippen LogP contribution in [0.2, 0.25) is 0 Å². The van der Waals surface area contributed by atoms with Crippen molar-refractivity contribution >= 4 is 0 Å². The summed E-state index contributed by atoms with van der Waals surface area (Å²) in [6, 6.07) is 9.22. The normalized spacial score (nSPS) is 12.7. The lowest BCUT2D eigenvalue weighted by Gasteiger charge is -2.25. The minimum absolute atomic E-state index is 0.253. The Hall–Kier alpha value is -0.820. The molecule has 0 aliphatic rings. The largest absolute Gasteiger partial charge is 0.317 e. The second kappa shape index (κ2) is 7.98. The van der Waals surface area contributed by atoms with Gasteiger partial charge in [0.05, 0.1) is 0 Å². The molecule has 0 aromatic heterocycles. The van der Waals surface area contributed by atoms with Gasteiger partial charge < -0.3 is 5.32 Å². The van der Waals surface area contributed by atoms with Gasteiger partial charge in [-0.05, 0) is 60.7 Å². The Balaban J connectivity index is 2.43. The van der Waals surface area contributed by atoms with Crippen LogP contribution in [-0.2, 0) is 11.8 Å². The summed E-state index contributed by atoms with van der Waals surface area (Å²) in [4.78, 5) is 0. The first-order chi connectivity index (χ1) is 9.74. The second-order valence-electron chi connectivity index (χ2n) is 8.11. The molecule has 0 saturated heterocycles. The number of rotatable bonds is 8. The van der Waals surface area contributed by atoms with Gasteiger partial charge in [-0.3, -0.25) is 0 Å². The first-order valence-electron chi connectivity index (χ1n) is 8.55.